The number of nitrogens with two attached hydrogens (primary N) is 1. The van der Waals surface area contributed by atoms with Gasteiger partial charge in [0.1, 0.15) is 17.0 Å². The maximum Gasteiger partial charge on any atom is 0.238 e. The van der Waals surface area contributed by atoms with Crippen molar-refractivity contribution in [2.45, 2.75) is 25.7 Å². The van der Waals surface area contributed by atoms with Crippen molar-refractivity contribution in [1.29, 1.82) is 0 Å². The second kappa shape index (κ2) is 6.18. The van der Waals surface area contributed by atoms with Gasteiger partial charge in [-0.25, -0.2) is 4.39 Å². The summed E-state index contributed by atoms with van der Waals surface area (Å²) >= 11 is 0. The molecule has 2 amide bonds. The highest BCUT2D eigenvalue weighted by Gasteiger charge is 2.57. The van der Waals surface area contributed by atoms with Gasteiger partial charge in [-0.2, -0.15) is 0 Å². The first-order chi connectivity index (χ1) is 11.0. The number of rotatable bonds is 5. The summed E-state index contributed by atoms with van der Waals surface area (Å²) in [6.45, 7) is 1.72. The average Bonchev–Trinajstić information content (AvgIpc) is 3.36. The molecule has 2 aliphatic rings. The van der Waals surface area contributed by atoms with Crippen LogP contribution in [0, 0.1) is 17.2 Å². The molecule has 1 aliphatic carbocycles. The lowest BCUT2D eigenvalue weighted by atomic mass is 9.96. The van der Waals surface area contributed by atoms with Crippen LogP contribution in [0.1, 0.15) is 25.7 Å². The highest BCUT2D eigenvalue weighted by atomic mass is 19.1. The van der Waals surface area contributed by atoms with E-state index in [2.05, 4.69) is 0 Å². The van der Waals surface area contributed by atoms with Crippen LogP contribution in [0.5, 0.6) is 5.75 Å². The lowest BCUT2D eigenvalue weighted by molar-refractivity contribution is -0.144. The Morgan fingerprint density at radius 3 is 2.61 bits per heavy atom. The van der Waals surface area contributed by atoms with Gasteiger partial charge in [0.25, 0.3) is 0 Å². The van der Waals surface area contributed by atoms with Crippen molar-refractivity contribution in [1.82, 2.24) is 4.90 Å². The molecule has 1 atom stereocenters. The number of carbonyl (C=O) groups is 2. The average molecular weight is 320 g/mol. The molecular formula is C17H21FN2O3. The minimum absolute atomic E-state index is 0.128. The number of carbonyl (C=O) groups excluding carboxylic acids is 2. The lowest BCUT2D eigenvalue weighted by Crippen LogP contribution is -2.48. The van der Waals surface area contributed by atoms with Crippen LogP contribution in [0.2, 0.25) is 0 Å². The van der Waals surface area contributed by atoms with Crippen molar-refractivity contribution in [3.8, 4) is 5.75 Å². The van der Waals surface area contributed by atoms with Crippen molar-refractivity contribution in [3.63, 3.8) is 0 Å². The monoisotopic (exact) mass is 320 g/mol. The molecule has 1 saturated heterocycles. The molecule has 0 radical (unpaired) electrons. The van der Waals surface area contributed by atoms with Gasteiger partial charge in [0.2, 0.25) is 11.8 Å². The molecule has 6 heteroatoms. The highest BCUT2D eigenvalue weighted by Crippen LogP contribution is 2.47. The zero-order valence-corrected chi connectivity index (χ0v) is 13.0. The summed E-state index contributed by atoms with van der Waals surface area (Å²) in [6.07, 6.45) is 2.98. The largest absolute Gasteiger partial charge is 0.493 e. The molecule has 1 aromatic rings. The summed E-state index contributed by atoms with van der Waals surface area (Å²) in [5, 5.41) is 0. The molecule has 5 nitrogen and oxygen atoms in total. The number of likely N-dealkylation sites (tertiary alicyclic amines) is 1. The van der Waals surface area contributed by atoms with Gasteiger partial charge in [0, 0.05) is 19.0 Å². The van der Waals surface area contributed by atoms with Crippen molar-refractivity contribution >= 4 is 11.8 Å². The van der Waals surface area contributed by atoms with E-state index in [1.807, 2.05) is 0 Å². The summed E-state index contributed by atoms with van der Waals surface area (Å²) in [4.78, 5) is 25.8. The highest BCUT2D eigenvalue weighted by molar-refractivity contribution is 6.07. The first-order valence-corrected chi connectivity index (χ1v) is 7.99. The molecule has 124 valence electrons. The Hall–Kier alpha value is -2.11. The molecule has 1 aliphatic heterocycles. The van der Waals surface area contributed by atoms with Gasteiger partial charge in [0.05, 0.1) is 6.61 Å². The maximum absolute atomic E-state index is 12.9. The number of amides is 2. The summed E-state index contributed by atoms with van der Waals surface area (Å²) in [6, 6.07) is 5.90. The minimum Gasteiger partial charge on any atom is -0.493 e. The smallest absolute Gasteiger partial charge is 0.238 e. The van der Waals surface area contributed by atoms with Crippen molar-refractivity contribution in [2.75, 3.05) is 19.7 Å². The molecule has 3 rings (SSSR count). The quantitative estimate of drug-likeness (QED) is 0.840. The fraction of sp³-hybridized carbons (Fsp3) is 0.529. The molecule has 0 aromatic heterocycles. The molecule has 1 heterocycles. The third-order valence-corrected chi connectivity index (χ3v) is 4.74. The van der Waals surface area contributed by atoms with E-state index in [4.69, 9.17) is 10.5 Å². The van der Waals surface area contributed by atoms with Crippen molar-refractivity contribution in [3.05, 3.63) is 30.1 Å². The maximum atomic E-state index is 12.9. The minimum atomic E-state index is -0.945. The summed E-state index contributed by atoms with van der Waals surface area (Å²) in [7, 11) is 0. The van der Waals surface area contributed by atoms with Crippen LogP contribution in [0.3, 0.4) is 0 Å². The Morgan fingerprint density at radius 1 is 1.30 bits per heavy atom. The van der Waals surface area contributed by atoms with Crippen LogP contribution in [0.15, 0.2) is 24.3 Å². The van der Waals surface area contributed by atoms with E-state index in [0.29, 0.717) is 38.3 Å². The zero-order chi connectivity index (χ0) is 16.4. The van der Waals surface area contributed by atoms with Crippen molar-refractivity contribution < 1.29 is 18.7 Å². The standard InChI is InChI=1S/C17H21FN2O3/c18-13-3-5-14(6-4-13)23-11-12-2-1-9-20(10-12)16(22)17(7-8-17)15(19)21/h3-6,12H,1-2,7-11H2,(H2,19,21). The summed E-state index contributed by atoms with van der Waals surface area (Å²) in [5.41, 5.74) is 4.44. The molecule has 2 N–H and O–H groups in total. The molecular weight excluding hydrogens is 299 g/mol. The van der Waals surface area contributed by atoms with Gasteiger partial charge >= 0.3 is 0 Å². The Morgan fingerprint density at radius 2 is 2.00 bits per heavy atom. The van der Waals surface area contributed by atoms with Gasteiger partial charge in [0.15, 0.2) is 0 Å². The predicted octanol–water partition coefficient (Wildman–Crippen LogP) is 1.71. The molecule has 23 heavy (non-hydrogen) atoms. The Kier molecular flexibility index (Phi) is 4.24. The third-order valence-electron chi connectivity index (χ3n) is 4.74. The number of hydrogen-bond acceptors (Lipinski definition) is 3. The third kappa shape index (κ3) is 3.30. The van der Waals surface area contributed by atoms with Gasteiger partial charge in [-0.3, -0.25) is 9.59 Å². The Balaban J connectivity index is 1.55. The molecule has 1 unspecified atom stereocenters. The van der Waals surface area contributed by atoms with Crippen LogP contribution in [0.4, 0.5) is 4.39 Å². The van der Waals surface area contributed by atoms with E-state index < -0.39 is 11.3 Å². The van der Waals surface area contributed by atoms with E-state index in [0.717, 1.165) is 12.8 Å². The summed E-state index contributed by atoms with van der Waals surface area (Å²) < 4.78 is 18.5. The molecule has 0 spiro atoms. The van der Waals surface area contributed by atoms with Gasteiger partial charge in [-0.15, -0.1) is 0 Å². The molecule has 2 fully saturated rings. The van der Waals surface area contributed by atoms with Gasteiger partial charge in [-0.1, -0.05) is 0 Å². The van der Waals surface area contributed by atoms with Crippen LogP contribution < -0.4 is 10.5 Å². The predicted molar refractivity (Wildman–Crippen MR) is 82.1 cm³/mol. The van der Waals surface area contributed by atoms with Crippen molar-refractivity contribution in [2.24, 2.45) is 17.1 Å². The SMILES string of the molecule is NC(=O)C1(C(=O)N2CCCC(COc3ccc(F)cc3)C2)CC1. The normalized spacial score (nSPS) is 22.5. The van der Waals surface area contributed by atoms with Crippen LogP contribution in [0.25, 0.3) is 0 Å². The number of halogens is 1. The van der Waals surface area contributed by atoms with Crippen LogP contribution in [-0.4, -0.2) is 36.4 Å². The lowest BCUT2D eigenvalue weighted by Gasteiger charge is -2.34. The fourth-order valence-corrected chi connectivity index (χ4v) is 3.12. The molecule has 1 aromatic carbocycles. The molecule has 1 saturated carbocycles. The second-order valence-electron chi connectivity index (χ2n) is 6.47. The van der Waals surface area contributed by atoms with E-state index in [-0.39, 0.29) is 17.6 Å². The zero-order valence-electron chi connectivity index (χ0n) is 13.0. The topological polar surface area (TPSA) is 72.6 Å². The fourth-order valence-electron chi connectivity index (χ4n) is 3.12. The van der Waals surface area contributed by atoms with Gasteiger partial charge < -0.3 is 15.4 Å². The number of primary amides is 1. The Labute approximate surface area is 134 Å². The van der Waals surface area contributed by atoms with Gasteiger partial charge in [-0.05, 0) is 49.9 Å². The first-order valence-electron chi connectivity index (χ1n) is 7.99. The van der Waals surface area contributed by atoms with Crippen LogP contribution in [-0.2, 0) is 9.59 Å². The number of hydrogen-bond donors (Lipinski definition) is 1. The van der Waals surface area contributed by atoms with E-state index in [9.17, 15) is 14.0 Å². The number of ether oxygens (including phenoxy) is 1. The van der Waals surface area contributed by atoms with E-state index in [1.165, 1.54) is 12.1 Å². The number of nitrogens with zero attached hydrogens (tertiary/aromatic N) is 1. The molecule has 0 bridgehead atoms. The summed E-state index contributed by atoms with van der Waals surface area (Å²) in [5.74, 6) is -0.108. The number of piperidine rings is 1. The van der Waals surface area contributed by atoms with E-state index in [1.54, 1.807) is 17.0 Å². The van der Waals surface area contributed by atoms with Crippen LogP contribution >= 0.6 is 0 Å². The second-order valence-corrected chi connectivity index (χ2v) is 6.47. The first kappa shape index (κ1) is 15.8. The number of benzene rings is 1. The Bertz CT molecular complexity index is 598. The van der Waals surface area contributed by atoms with E-state index >= 15 is 0 Å².